The fourth-order valence-corrected chi connectivity index (χ4v) is 5.65. The topological polar surface area (TPSA) is 106 Å². The molecule has 3 heterocycles. The van der Waals surface area contributed by atoms with E-state index in [-0.39, 0.29) is 50.3 Å². The van der Waals surface area contributed by atoms with Gasteiger partial charge < -0.3 is 9.13 Å². The summed E-state index contributed by atoms with van der Waals surface area (Å²) in [5.41, 5.74) is -1.29. The molecule has 1 saturated carbocycles. The molecule has 1 aliphatic carbocycles. The second kappa shape index (κ2) is 8.11. The Bertz CT molecular complexity index is 1730. The monoisotopic (exact) mass is 532 g/mol. The lowest BCUT2D eigenvalue weighted by Crippen LogP contribution is -2.11. The Morgan fingerprint density at radius 3 is 2.38 bits per heavy atom. The summed E-state index contributed by atoms with van der Waals surface area (Å²) in [5.74, 6) is -0.742. The van der Waals surface area contributed by atoms with E-state index in [4.69, 9.17) is 0 Å². The maximum Gasteiger partial charge on any atom is 0.433 e. The maximum atomic E-state index is 15.0. The van der Waals surface area contributed by atoms with E-state index in [2.05, 4.69) is 21.0 Å². The van der Waals surface area contributed by atoms with Gasteiger partial charge in [0.15, 0.2) is 20.7 Å². The summed E-state index contributed by atoms with van der Waals surface area (Å²) in [4.78, 5) is 12.2. The summed E-state index contributed by atoms with van der Waals surface area (Å²) >= 11 is 0. The summed E-state index contributed by atoms with van der Waals surface area (Å²) < 4.78 is 83.5. The van der Waals surface area contributed by atoms with Crippen LogP contribution in [0.25, 0.3) is 33.9 Å². The molecular weight excluding hydrogens is 512 g/mol. The number of aromatic nitrogens is 5. The van der Waals surface area contributed by atoms with E-state index >= 15 is 4.39 Å². The van der Waals surface area contributed by atoms with Gasteiger partial charge in [-0.1, -0.05) is 19.1 Å². The number of nitrogens with zero attached hydrogens (tertiary/aromatic N) is 6. The number of aryl methyl sites for hydroxylation is 1. The Morgan fingerprint density at radius 1 is 1.11 bits per heavy atom. The number of benzene rings is 1. The summed E-state index contributed by atoms with van der Waals surface area (Å²) in [6.07, 6.45) is -2.54. The number of alkyl halides is 3. The molecular formula is C24H20F4N6O2S. The fraction of sp³-hybridized carbons (Fsp3) is 0.333. The number of fused-ring (bicyclic) bond motifs is 1. The minimum Gasteiger partial charge on any atom is -0.324 e. The molecule has 0 N–H and O–H groups in total. The van der Waals surface area contributed by atoms with Crippen LogP contribution in [0.5, 0.6) is 0 Å². The highest BCUT2D eigenvalue weighted by Gasteiger charge is 2.46. The molecule has 1 fully saturated rings. The number of imidazole rings is 2. The van der Waals surface area contributed by atoms with E-state index in [0.717, 1.165) is 12.3 Å². The van der Waals surface area contributed by atoms with Crippen LogP contribution < -0.4 is 0 Å². The van der Waals surface area contributed by atoms with Crippen LogP contribution >= 0.6 is 0 Å². The molecule has 0 spiro atoms. The highest BCUT2D eigenvalue weighted by molar-refractivity contribution is 7.91. The maximum absolute atomic E-state index is 15.0. The summed E-state index contributed by atoms with van der Waals surface area (Å²) in [7, 11) is -0.923. The third-order valence-corrected chi connectivity index (χ3v) is 8.51. The normalized spacial score (nSPS) is 15.2. The average molecular weight is 533 g/mol. The molecule has 4 aromatic rings. The lowest BCUT2D eigenvalue weighted by molar-refractivity contribution is -0.141. The van der Waals surface area contributed by atoms with Crippen LogP contribution in [-0.2, 0) is 35.5 Å². The lowest BCUT2D eigenvalue weighted by Gasteiger charge is -2.10. The zero-order valence-corrected chi connectivity index (χ0v) is 20.7. The first kappa shape index (κ1) is 24.9. The van der Waals surface area contributed by atoms with E-state index in [9.17, 15) is 26.9 Å². The van der Waals surface area contributed by atoms with E-state index < -0.39 is 32.9 Å². The van der Waals surface area contributed by atoms with Crippen molar-refractivity contribution in [2.45, 2.75) is 36.4 Å². The Kier molecular flexibility index (Phi) is 5.45. The van der Waals surface area contributed by atoms with Gasteiger partial charge in [-0.2, -0.15) is 18.4 Å². The van der Waals surface area contributed by atoms with E-state index in [1.54, 1.807) is 6.07 Å². The number of nitriles is 1. The van der Waals surface area contributed by atoms with Crippen molar-refractivity contribution in [1.82, 2.24) is 24.1 Å². The minimum atomic E-state index is -4.68. The minimum absolute atomic E-state index is 0.0171. The molecule has 0 aliphatic heterocycles. The van der Waals surface area contributed by atoms with Crippen LogP contribution in [0.1, 0.15) is 31.0 Å². The molecule has 37 heavy (non-hydrogen) atoms. The van der Waals surface area contributed by atoms with E-state index in [1.165, 1.54) is 42.3 Å². The molecule has 0 unspecified atom stereocenters. The Balaban J connectivity index is 1.72. The van der Waals surface area contributed by atoms with Crippen molar-refractivity contribution in [2.75, 3.05) is 5.75 Å². The first-order chi connectivity index (χ1) is 17.3. The van der Waals surface area contributed by atoms with Crippen molar-refractivity contribution < 1.29 is 26.0 Å². The standard InChI is InChI=1S/C24H20F4N6O2S/c1-4-37(35,36)22-19(21-31-16-10-18(24(26,27)28)30-11-17(16)33(21)2)32-20(34(22)3)13-5-6-14(15(25)9-13)23(12-29)7-8-23/h5-6,9-11H,4,7-8H2,1-3H3. The van der Waals surface area contributed by atoms with Gasteiger partial charge in [0, 0.05) is 25.2 Å². The van der Waals surface area contributed by atoms with Crippen molar-refractivity contribution in [1.29, 1.82) is 5.26 Å². The summed E-state index contributed by atoms with van der Waals surface area (Å²) in [6.45, 7) is 1.45. The van der Waals surface area contributed by atoms with Crippen LogP contribution in [0.15, 0.2) is 35.5 Å². The number of rotatable bonds is 5. The van der Waals surface area contributed by atoms with Gasteiger partial charge in [-0.15, -0.1) is 0 Å². The predicted octanol–water partition coefficient (Wildman–Crippen LogP) is 4.54. The van der Waals surface area contributed by atoms with Crippen molar-refractivity contribution in [2.24, 2.45) is 14.1 Å². The third-order valence-electron chi connectivity index (χ3n) is 6.69. The molecule has 0 saturated heterocycles. The molecule has 0 bridgehead atoms. The van der Waals surface area contributed by atoms with Gasteiger partial charge in [-0.3, -0.25) is 0 Å². The quantitative estimate of drug-likeness (QED) is 0.350. The Labute approximate surface area is 209 Å². The van der Waals surface area contributed by atoms with Crippen molar-refractivity contribution in [3.8, 4) is 29.0 Å². The Hall–Kier alpha value is -3.79. The van der Waals surface area contributed by atoms with Crippen molar-refractivity contribution >= 4 is 20.9 Å². The number of sulfone groups is 1. The molecule has 1 aromatic carbocycles. The molecule has 192 valence electrons. The fourth-order valence-electron chi connectivity index (χ4n) is 4.44. The smallest absolute Gasteiger partial charge is 0.324 e. The summed E-state index contributed by atoms with van der Waals surface area (Å²) in [6, 6.07) is 7.21. The van der Waals surface area contributed by atoms with Gasteiger partial charge >= 0.3 is 6.18 Å². The largest absolute Gasteiger partial charge is 0.433 e. The van der Waals surface area contributed by atoms with Crippen molar-refractivity contribution in [3.05, 3.63) is 47.5 Å². The van der Waals surface area contributed by atoms with Gasteiger partial charge in [-0.05, 0) is 25.0 Å². The van der Waals surface area contributed by atoms with Crippen LogP contribution in [0.2, 0.25) is 0 Å². The zero-order valence-electron chi connectivity index (χ0n) is 19.9. The lowest BCUT2D eigenvalue weighted by atomic mass is 9.96. The van der Waals surface area contributed by atoms with Gasteiger partial charge in [-0.25, -0.2) is 27.8 Å². The number of pyridine rings is 1. The highest BCUT2D eigenvalue weighted by atomic mass is 32.2. The number of halogens is 4. The molecule has 0 amide bonds. The van der Waals surface area contributed by atoms with Gasteiger partial charge in [0.25, 0.3) is 0 Å². The molecule has 0 radical (unpaired) electrons. The zero-order chi connectivity index (χ0) is 26.9. The molecule has 8 nitrogen and oxygen atoms in total. The predicted molar refractivity (Wildman–Crippen MR) is 125 cm³/mol. The van der Waals surface area contributed by atoms with Gasteiger partial charge in [0.1, 0.15) is 23.0 Å². The van der Waals surface area contributed by atoms with Gasteiger partial charge in [0.05, 0.1) is 34.5 Å². The molecule has 1 aliphatic rings. The van der Waals surface area contributed by atoms with Crippen LogP contribution in [0.4, 0.5) is 17.6 Å². The molecule has 3 aromatic heterocycles. The van der Waals surface area contributed by atoms with Crippen LogP contribution in [0.3, 0.4) is 0 Å². The van der Waals surface area contributed by atoms with E-state index in [0.29, 0.717) is 12.8 Å². The third kappa shape index (κ3) is 3.87. The second-order valence-electron chi connectivity index (χ2n) is 8.99. The van der Waals surface area contributed by atoms with Gasteiger partial charge in [0.2, 0.25) is 0 Å². The van der Waals surface area contributed by atoms with Crippen LogP contribution in [-0.4, -0.2) is 38.3 Å². The average Bonchev–Trinajstić information content (AvgIpc) is 3.46. The molecule has 13 heteroatoms. The molecule has 5 rings (SSSR count). The van der Waals surface area contributed by atoms with Crippen LogP contribution in [0, 0.1) is 17.1 Å². The number of hydrogen-bond donors (Lipinski definition) is 0. The highest BCUT2D eigenvalue weighted by Crippen LogP contribution is 2.49. The van der Waals surface area contributed by atoms with Crippen molar-refractivity contribution in [3.63, 3.8) is 0 Å². The SMILES string of the molecule is CCS(=O)(=O)c1c(-c2nc3cc(C(F)(F)F)ncc3n2C)nc(-c2ccc(C3(C#N)CC3)c(F)c2)n1C. The first-order valence-electron chi connectivity index (χ1n) is 11.2. The summed E-state index contributed by atoms with van der Waals surface area (Å²) in [5, 5.41) is 9.22. The Morgan fingerprint density at radius 2 is 1.81 bits per heavy atom. The second-order valence-corrected chi connectivity index (χ2v) is 11.2. The number of hydrogen-bond acceptors (Lipinski definition) is 6. The first-order valence-corrected chi connectivity index (χ1v) is 12.9. The van der Waals surface area contributed by atoms with E-state index in [1.807, 2.05) is 0 Å². The molecule has 0 atom stereocenters.